The first-order valence-corrected chi connectivity index (χ1v) is 8.69. The van der Waals surface area contributed by atoms with E-state index in [1.165, 1.54) is 17.8 Å². The molecule has 6 heteroatoms. The van der Waals surface area contributed by atoms with Crippen molar-refractivity contribution in [2.24, 2.45) is 0 Å². The van der Waals surface area contributed by atoms with Crippen LogP contribution in [0.3, 0.4) is 0 Å². The molecule has 1 heterocycles. The molecule has 1 aliphatic carbocycles. The predicted octanol–water partition coefficient (Wildman–Crippen LogP) is 4.00. The lowest BCUT2D eigenvalue weighted by Gasteiger charge is -2.22. The maximum absolute atomic E-state index is 12.2. The van der Waals surface area contributed by atoms with Crippen LogP contribution < -0.4 is 10.6 Å². The molecular weight excluding hydrogens is 300 g/mol. The largest absolute Gasteiger partial charge is 0.462 e. The molecule has 1 aliphatic rings. The number of nitrogens with one attached hydrogen (secondary N) is 2. The molecule has 0 saturated heterocycles. The molecule has 0 aliphatic heterocycles. The SMILES string of the molecule is CCOC(=O)c1c(NC(=O)NC2CCCCC2)sc(C)c1C. The highest BCUT2D eigenvalue weighted by Gasteiger charge is 2.23. The zero-order valence-electron chi connectivity index (χ0n) is 13.5. The van der Waals surface area contributed by atoms with Crippen molar-refractivity contribution in [1.29, 1.82) is 0 Å². The summed E-state index contributed by atoms with van der Waals surface area (Å²) in [6, 6.07) is 0.000600. The Hall–Kier alpha value is -1.56. The van der Waals surface area contributed by atoms with Crippen molar-refractivity contribution in [2.75, 3.05) is 11.9 Å². The lowest BCUT2D eigenvalue weighted by Crippen LogP contribution is -2.39. The lowest BCUT2D eigenvalue weighted by atomic mass is 9.96. The van der Waals surface area contributed by atoms with Crippen molar-refractivity contribution in [3.63, 3.8) is 0 Å². The Bertz CT molecular complexity index is 548. The fourth-order valence-corrected chi connectivity index (χ4v) is 3.78. The average molecular weight is 324 g/mol. The molecule has 5 nitrogen and oxygen atoms in total. The van der Waals surface area contributed by atoms with E-state index in [2.05, 4.69) is 10.6 Å². The van der Waals surface area contributed by atoms with E-state index in [0.717, 1.165) is 36.1 Å². The molecule has 0 atom stereocenters. The summed E-state index contributed by atoms with van der Waals surface area (Å²) in [5.41, 5.74) is 1.35. The van der Waals surface area contributed by atoms with Crippen LogP contribution in [-0.2, 0) is 4.74 Å². The van der Waals surface area contributed by atoms with Gasteiger partial charge < -0.3 is 10.1 Å². The van der Waals surface area contributed by atoms with Gasteiger partial charge in [-0.1, -0.05) is 19.3 Å². The van der Waals surface area contributed by atoms with Gasteiger partial charge in [0.25, 0.3) is 0 Å². The van der Waals surface area contributed by atoms with Gasteiger partial charge in [-0.05, 0) is 39.2 Å². The number of carbonyl (C=O) groups excluding carboxylic acids is 2. The van der Waals surface area contributed by atoms with Gasteiger partial charge in [0.1, 0.15) is 5.00 Å². The smallest absolute Gasteiger partial charge is 0.341 e. The van der Waals surface area contributed by atoms with Crippen molar-refractivity contribution >= 4 is 28.3 Å². The van der Waals surface area contributed by atoms with Crippen LogP contribution in [-0.4, -0.2) is 24.6 Å². The van der Waals surface area contributed by atoms with Crippen LogP contribution in [0.15, 0.2) is 0 Å². The second-order valence-corrected chi connectivity index (χ2v) is 6.87. The Balaban J connectivity index is 2.06. The lowest BCUT2D eigenvalue weighted by molar-refractivity contribution is 0.0527. The van der Waals surface area contributed by atoms with E-state index < -0.39 is 0 Å². The van der Waals surface area contributed by atoms with Gasteiger partial charge in [-0.15, -0.1) is 11.3 Å². The standard InChI is InChI=1S/C16H24N2O3S/c1-4-21-15(19)13-10(2)11(3)22-14(13)18-16(20)17-12-8-6-5-7-9-12/h12H,4-9H2,1-3H3,(H2,17,18,20). The number of hydrogen-bond acceptors (Lipinski definition) is 4. The monoisotopic (exact) mass is 324 g/mol. The minimum atomic E-state index is -0.377. The van der Waals surface area contributed by atoms with Gasteiger partial charge in [0.2, 0.25) is 0 Å². The van der Waals surface area contributed by atoms with Crippen LogP contribution in [0.4, 0.5) is 9.80 Å². The van der Waals surface area contributed by atoms with Gasteiger partial charge in [-0.2, -0.15) is 0 Å². The van der Waals surface area contributed by atoms with Gasteiger partial charge in [-0.3, -0.25) is 5.32 Å². The fourth-order valence-electron chi connectivity index (χ4n) is 2.74. The molecule has 0 unspecified atom stereocenters. The molecule has 0 spiro atoms. The average Bonchev–Trinajstić information content (AvgIpc) is 2.74. The number of hydrogen-bond donors (Lipinski definition) is 2. The third kappa shape index (κ3) is 4.00. The van der Waals surface area contributed by atoms with Gasteiger partial charge in [0.15, 0.2) is 0 Å². The molecule has 0 bridgehead atoms. The number of rotatable bonds is 4. The molecule has 122 valence electrons. The predicted molar refractivity (Wildman–Crippen MR) is 88.8 cm³/mol. The zero-order valence-corrected chi connectivity index (χ0v) is 14.3. The fraction of sp³-hybridized carbons (Fsp3) is 0.625. The molecule has 1 fully saturated rings. The van der Waals surface area contributed by atoms with Crippen molar-refractivity contribution in [3.8, 4) is 0 Å². The Morgan fingerprint density at radius 3 is 2.55 bits per heavy atom. The van der Waals surface area contributed by atoms with E-state index in [9.17, 15) is 9.59 Å². The third-order valence-electron chi connectivity index (χ3n) is 4.03. The number of amides is 2. The van der Waals surface area contributed by atoms with Crippen LogP contribution in [0.25, 0.3) is 0 Å². The van der Waals surface area contributed by atoms with Crippen molar-refractivity contribution < 1.29 is 14.3 Å². The van der Waals surface area contributed by atoms with Crippen LogP contribution in [0.1, 0.15) is 59.8 Å². The Kier molecular flexibility index (Phi) is 5.83. The number of ether oxygens (including phenoxy) is 1. The van der Waals surface area contributed by atoms with E-state index in [0.29, 0.717) is 17.2 Å². The first-order valence-electron chi connectivity index (χ1n) is 7.87. The highest BCUT2D eigenvalue weighted by molar-refractivity contribution is 7.16. The second-order valence-electron chi connectivity index (χ2n) is 5.64. The van der Waals surface area contributed by atoms with E-state index in [4.69, 9.17) is 4.74 Å². The molecular formula is C16H24N2O3S. The Morgan fingerprint density at radius 2 is 1.91 bits per heavy atom. The normalized spacial score (nSPS) is 15.4. The van der Waals surface area contributed by atoms with Crippen LogP contribution >= 0.6 is 11.3 Å². The maximum Gasteiger partial charge on any atom is 0.341 e. The van der Waals surface area contributed by atoms with Crippen LogP contribution in [0, 0.1) is 13.8 Å². The summed E-state index contributed by atoms with van der Waals surface area (Å²) in [6.45, 7) is 5.91. The molecule has 2 N–H and O–H groups in total. The minimum absolute atomic E-state index is 0.237. The summed E-state index contributed by atoms with van der Waals surface area (Å²) in [5.74, 6) is -0.377. The zero-order chi connectivity index (χ0) is 16.1. The number of thiophene rings is 1. The van der Waals surface area contributed by atoms with Crippen molar-refractivity contribution in [1.82, 2.24) is 5.32 Å². The number of aryl methyl sites for hydroxylation is 1. The first-order chi connectivity index (χ1) is 10.5. The van der Waals surface area contributed by atoms with E-state index in [1.807, 2.05) is 13.8 Å². The van der Waals surface area contributed by atoms with Crippen molar-refractivity contribution in [3.05, 3.63) is 16.0 Å². The van der Waals surface area contributed by atoms with E-state index in [1.54, 1.807) is 6.92 Å². The summed E-state index contributed by atoms with van der Waals surface area (Å²) < 4.78 is 5.09. The summed E-state index contributed by atoms with van der Waals surface area (Å²) in [5, 5.41) is 6.40. The molecule has 0 radical (unpaired) electrons. The summed E-state index contributed by atoms with van der Waals surface area (Å²) in [4.78, 5) is 25.3. The Morgan fingerprint density at radius 1 is 1.23 bits per heavy atom. The molecule has 22 heavy (non-hydrogen) atoms. The number of esters is 1. The number of urea groups is 1. The highest BCUT2D eigenvalue weighted by Crippen LogP contribution is 2.33. The van der Waals surface area contributed by atoms with Crippen LogP contribution in [0.2, 0.25) is 0 Å². The van der Waals surface area contributed by atoms with E-state index in [-0.39, 0.29) is 18.0 Å². The number of anilines is 1. The highest BCUT2D eigenvalue weighted by atomic mass is 32.1. The topological polar surface area (TPSA) is 67.4 Å². The van der Waals surface area contributed by atoms with E-state index >= 15 is 0 Å². The summed E-state index contributed by atoms with van der Waals surface area (Å²) in [7, 11) is 0. The van der Waals surface area contributed by atoms with Gasteiger partial charge in [-0.25, -0.2) is 9.59 Å². The first kappa shape index (κ1) is 16.8. The number of carbonyl (C=O) groups is 2. The molecule has 1 saturated carbocycles. The van der Waals surface area contributed by atoms with Crippen molar-refractivity contribution in [2.45, 2.75) is 58.9 Å². The second kappa shape index (κ2) is 7.63. The summed E-state index contributed by atoms with van der Waals surface area (Å²) >= 11 is 1.41. The molecule has 1 aromatic rings. The molecule has 2 amide bonds. The minimum Gasteiger partial charge on any atom is -0.462 e. The van der Waals surface area contributed by atoms with Gasteiger partial charge in [0.05, 0.1) is 12.2 Å². The molecule has 1 aromatic heterocycles. The van der Waals surface area contributed by atoms with Gasteiger partial charge in [0, 0.05) is 10.9 Å². The molecule has 2 rings (SSSR count). The third-order valence-corrected chi connectivity index (χ3v) is 5.16. The van der Waals surface area contributed by atoms with Gasteiger partial charge >= 0.3 is 12.0 Å². The maximum atomic E-state index is 12.2. The quantitative estimate of drug-likeness (QED) is 0.823. The van der Waals surface area contributed by atoms with Crippen LogP contribution in [0.5, 0.6) is 0 Å². The molecule has 0 aromatic carbocycles. The summed E-state index contributed by atoms with van der Waals surface area (Å²) in [6.07, 6.45) is 5.63. The Labute approximate surface area is 135 Å².